The van der Waals surface area contributed by atoms with E-state index in [4.69, 9.17) is 0 Å². The summed E-state index contributed by atoms with van der Waals surface area (Å²) < 4.78 is 0. The lowest BCUT2D eigenvalue weighted by Gasteiger charge is -2.06. The van der Waals surface area contributed by atoms with Crippen LogP contribution in [0.25, 0.3) is 10.8 Å². The van der Waals surface area contributed by atoms with E-state index in [2.05, 4.69) is 20.5 Å². The van der Waals surface area contributed by atoms with Gasteiger partial charge in [0.05, 0.1) is 16.5 Å². The molecule has 0 spiro atoms. The number of aromatic nitrogens is 3. The van der Waals surface area contributed by atoms with Gasteiger partial charge in [-0.25, -0.2) is 0 Å². The van der Waals surface area contributed by atoms with Crippen molar-refractivity contribution in [2.24, 2.45) is 0 Å². The molecular weight excluding hydrogens is 244 g/mol. The summed E-state index contributed by atoms with van der Waals surface area (Å²) in [4.78, 5) is 26.3. The van der Waals surface area contributed by atoms with Gasteiger partial charge in [-0.3, -0.25) is 19.8 Å². The van der Waals surface area contributed by atoms with Crippen LogP contribution in [0.3, 0.4) is 0 Å². The van der Waals surface area contributed by atoms with Crippen LogP contribution in [-0.2, 0) is 0 Å². The minimum atomic E-state index is -0.316. The molecule has 96 valence electrons. The van der Waals surface area contributed by atoms with Gasteiger partial charge in [0.25, 0.3) is 11.1 Å². The smallest absolute Gasteiger partial charge is 0.270 e. The minimum Gasteiger partial charge on any atom is -0.363 e. The second-order valence-corrected chi connectivity index (χ2v) is 4.31. The number of rotatable bonds is 2. The van der Waals surface area contributed by atoms with Gasteiger partial charge in [-0.05, 0) is 31.2 Å². The molecule has 1 aromatic carbocycles. The van der Waals surface area contributed by atoms with Crippen molar-refractivity contribution < 1.29 is 0 Å². The van der Waals surface area contributed by atoms with Crippen molar-refractivity contribution >= 4 is 22.1 Å². The lowest BCUT2D eigenvalue weighted by molar-refractivity contribution is 0.976. The molecule has 0 saturated carbocycles. The lowest BCUT2D eigenvalue weighted by atomic mass is 10.1. The summed E-state index contributed by atoms with van der Waals surface area (Å²) in [5, 5.41) is 8.54. The summed E-state index contributed by atoms with van der Waals surface area (Å²) in [5.41, 5.74) is 2.06. The molecule has 6 nitrogen and oxygen atoms in total. The molecule has 19 heavy (non-hydrogen) atoms. The molecule has 2 heterocycles. The molecule has 0 aliphatic rings. The standard InChI is InChI=1S/C13H12N4O2/c1-7-11(4-5-14-7)15-8-2-3-9-10(6-8)13(19)17-16-12(9)18/h2-6,14-15H,1H3,(H,16,18)(H,17,19). The summed E-state index contributed by atoms with van der Waals surface area (Å²) in [5.74, 6) is 0. The molecule has 2 aromatic heterocycles. The van der Waals surface area contributed by atoms with E-state index in [1.54, 1.807) is 18.2 Å². The monoisotopic (exact) mass is 256 g/mol. The summed E-state index contributed by atoms with van der Waals surface area (Å²) >= 11 is 0. The molecule has 0 bridgehead atoms. The molecular formula is C13H12N4O2. The highest BCUT2D eigenvalue weighted by atomic mass is 16.1. The summed E-state index contributed by atoms with van der Waals surface area (Å²) in [6.45, 7) is 1.95. The van der Waals surface area contributed by atoms with E-state index in [-0.39, 0.29) is 11.1 Å². The van der Waals surface area contributed by atoms with Gasteiger partial charge in [0.1, 0.15) is 0 Å². The maximum absolute atomic E-state index is 11.7. The van der Waals surface area contributed by atoms with E-state index in [9.17, 15) is 9.59 Å². The van der Waals surface area contributed by atoms with Crippen molar-refractivity contribution in [3.8, 4) is 0 Å². The second-order valence-electron chi connectivity index (χ2n) is 4.31. The van der Waals surface area contributed by atoms with Gasteiger partial charge in [-0.1, -0.05) is 0 Å². The number of aryl methyl sites for hydroxylation is 1. The van der Waals surface area contributed by atoms with Gasteiger partial charge in [-0.2, -0.15) is 0 Å². The third kappa shape index (κ3) is 1.93. The fourth-order valence-electron chi connectivity index (χ4n) is 2.00. The Labute approximate surface area is 107 Å². The first-order chi connectivity index (χ1) is 9.15. The zero-order valence-electron chi connectivity index (χ0n) is 10.2. The number of benzene rings is 1. The highest BCUT2D eigenvalue weighted by Gasteiger charge is 2.05. The molecule has 0 unspecified atom stereocenters. The fraction of sp³-hybridized carbons (Fsp3) is 0.0769. The lowest BCUT2D eigenvalue weighted by Crippen LogP contribution is -2.18. The van der Waals surface area contributed by atoms with Crippen LogP contribution in [0.4, 0.5) is 11.4 Å². The Morgan fingerprint density at radius 3 is 2.42 bits per heavy atom. The number of anilines is 2. The predicted octanol–water partition coefficient (Wildman–Crippen LogP) is 1.60. The van der Waals surface area contributed by atoms with Crippen LogP contribution in [0.2, 0.25) is 0 Å². The van der Waals surface area contributed by atoms with Crippen molar-refractivity contribution in [3.05, 3.63) is 56.9 Å². The van der Waals surface area contributed by atoms with Crippen LogP contribution >= 0.6 is 0 Å². The average Bonchev–Trinajstić information content (AvgIpc) is 2.80. The van der Waals surface area contributed by atoms with E-state index in [0.717, 1.165) is 17.1 Å². The van der Waals surface area contributed by atoms with Crippen molar-refractivity contribution in [1.82, 2.24) is 15.2 Å². The number of H-pyrrole nitrogens is 3. The number of hydrogen-bond donors (Lipinski definition) is 4. The molecule has 3 rings (SSSR count). The fourth-order valence-corrected chi connectivity index (χ4v) is 2.00. The zero-order valence-corrected chi connectivity index (χ0v) is 10.2. The summed E-state index contributed by atoms with van der Waals surface area (Å²) in [6, 6.07) is 6.97. The van der Waals surface area contributed by atoms with Gasteiger partial charge >= 0.3 is 0 Å². The Kier molecular flexibility index (Phi) is 2.49. The van der Waals surface area contributed by atoms with Crippen LogP contribution in [0.5, 0.6) is 0 Å². The summed E-state index contributed by atoms with van der Waals surface area (Å²) in [7, 11) is 0. The highest BCUT2D eigenvalue weighted by Crippen LogP contribution is 2.20. The molecule has 0 atom stereocenters. The summed E-state index contributed by atoms with van der Waals surface area (Å²) in [6.07, 6.45) is 1.83. The van der Waals surface area contributed by atoms with Crippen LogP contribution in [0, 0.1) is 6.92 Å². The van der Waals surface area contributed by atoms with Crippen molar-refractivity contribution in [1.29, 1.82) is 0 Å². The Morgan fingerprint density at radius 1 is 1.00 bits per heavy atom. The number of aromatic amines is 3. The van der Waals surface area contributed by atoms with E-state index < -0.39 is 0 Å². The maximum atomic E-state index is 11.7. The first-order valence-corrected chi connectivity index (χ1v) is 5.81. The molecule has 0 radical (unpaired) electrons. The molecule has 0 saturated heterocycles. The highest BCUT2D eigenvalue weighted by molar-refractivity contribution is 5.85. The number of nitrogens with one attached hydrogen (secondary N) is 4. The quantitative estimate of drug-likeness (QED) is 0.561. The number of fused-ring (bicyclic) bond motifs is 1. The van der Waals surface area contributed by atoms with Crippen molar-refractivity contribution in [2.75, 3.05) is 5.32 Å². The Hall–Kier alpha value is -2.76. The SMILES string of the molecule is Cc1[nH]ccc1Nc1ccc2c(=O)[nH][nH]c(=O)c2c1. The van der Waals surface area contributed by atoms with Crippen LogP contribution in [-0.4, -0.2) is 15.2 Å². The van der Waals surface area contributed by atoms with Crippen LogP contribution in [0.15, 0.2) is 40.1 Å². The molecule has 0 fully saturated rings. The van der Waals surface area contributed by atoms with Gasteiger partial charge in [-0.15, -0.1) is 0 Å². The normalized spacial score (nSPS) is 10.8. The van der Waals surface area contributed by atoms with E-state index in [1.807, 2.05) is 19.2 Å². The zero-order chi connectivity index (χ0) is 13.4. The van der Waals surface area contributed by atoms with Gasteiger partial charge in [0.2, 0.25) is 0 Å². The third-order valence-corrected chi connectivity index (χ3v) is 3.03. The Balaban J connectivity index is 2.12. The van der Waals surface area contributed by atoms with Crippen LogP contribution < -0.4 is 16.4 Å². The molecule has 0 amide bonds. The van der Waals surface area contributed by atoms with Crippen molar-refractivity contribution in [2.45, 2.75) is 6.92 Å². The molecule has 0 aliphatic carbocycles. The molecule has 3 aromatic rings. The predicted molar refractivity (Wildman–Crippen MR) is 74.0 cm³/mol. The van der Waals surface area contributed by atoms with E-state index >= 15 is 0 Å². The third-order valence-electron chi connectivity index (χ3n) is 3.03. The van der Waals surface area contributed by atoms with E-state index in [1.165, 1.54) is 0 Å². The maximum Gasteiger partial charge on any atom is 0.270 e. The second kappa shape index (κ2) is 4.16. The average molecular weight is 256 g/mol. The van der Waals surface area contributed by atoms with Gasteiger partial charge in [0.15, 0.2) is 0 Å². The topological polar surface area (TPSA) is 93.5 Å². The first-order valence-electron chi connectivity index (χ1n) is 5.81. The molecule has 4 N–H and O–H groups in total. The van der Waals surface area contributed by atoms with Gasteiger partial charge in [0, 0.05) is 17.6 Å². The van der Waals surface area contributed by atoms with Gasteiger partial charge < -0.3 is 10.3 Å². The minimum absolute atomic E-state index is 0.307. The van der Waals surface area contributed by atoms with Crippen LogP contribution in [0.1, 0.15) is 5.69 Å². The number of hydrogen-bond acceptors (Lipinski definition) is 3. The first kappa shape index (κ1) is 11.3. The largest absolute Gasteiger partial charge is 0.363 e. The molecule has 6 heteroatoms. The molecule has 0 aliphatic heterocycles. The van der Waals surface area contributed by atoms with E-state index in [0.29, 0.717) is 10.8 Å². The Morgan fingerprint density at radius 2 is 1.74 bits per heavy atom. The van der Waals surface area contributed by atoms with Crippen molar-refractivity contribution in [3.63, 3.8) is 0 Å². The Bertz CT molecular complexity index is 857.